The summed E-state index contributed by atoms with van der Waals surface area (Å²) >= 11 is 0. The maximum Gasteiger partial charge on any atom is 0.252 e. The van der Waals surface area contributed by atoms with Crippen molar-refractivity contribution in [2.45, 2.75) is 39.0 Å². The number of fused-ring (bicyclic) bond motifs is 1. The van der Waals surface area contributed by atoms with Crippen LogP contribution in [-0.2, 0) is 29.7 Å². The maximum absolute atomic E-state index is 13.0. The molecule has 0 aliphatic carbocycles. The number of ether oxygens (including phenoxy) is 3. The van der Waals surface area contributed by atoms with E-state index in [0.717, 1.165) is 41.3 Å². The van der Waals surface area contributed by atoms with E-state index < -0.39 is 0 Å². The summed E-state index contributed by atoms with van der Waals surface area (Å²) in [6, 6.07) is 7.81. The van der Waals surface area contributed by atoms with Gasteiger partial charge in [0, 0.05) is 20.2 Å². The van der Waals surface area contributed by atoms with Crippen LogP contribution < -0.4 is 9.47 Å². The molecule has 1 unspecified atom stereocenters. The number of amides is 1. The lowest BCUT2D eigenvalue weighted by molar-refractivity contribution is -0.142. The summed E-state index contributed by atoms with van der Waals surface area (Å²) in [5.41, 5.74) is 2.93. The zero-order valence-corrected chi connectivity index (χ0v) is 15.1. The molecule has 1 amide bonds. The first kappa shape index (κ1) is 16.9. The van der Waals surface area contributed by atoms with Gasteiger partial charge in [0.15, 0.2) is 11.5 Å². The van der Waals surface area contributed by atoms with E-state index in [2.05, 4.69) is 5.10 Å². The molecule has 4 rings (SSSR count). The van der Waals surface area contributed by atoms with Crippen molar-refractivity contribution in [2.24, 2.45) is 7.05 Å². The molecule has 0 N–H and O–H groups in total. The van der Waals surface area contributed by atoms with Crippen molar-refractivity contribution in [1.82, 2.24) is 14.7 Å². The Morgan fingerprint density at radius 2 is 2.12 bits per heavy atom. The summed E-state index contributed by atoms with van der Waals surface area (Å²) in [6.45, 7) is 3.82. The van der Waals surface area contributed by atoms with Gasteiger partial charge in [-0.05, 0) is 43.5 Å². The van der Waals surface area contributed by atoms with Gasteiger partial charge in [0.1, 0.15) is 6.10 Å². The summed E-state index contributed by atoms with van der Waals surface area (Å²) in [7, 11) is 1.90. The van der Waals surface area contributed by atoms with Gasteiger partial charge in [-0.2, -0.15) is 5.10 Å². The first-order valence-electron chi connectivity index (χ1n) is 8.88. The molecule has 26 heavy (non-hydrogen) atoms. The Morgan fingerprint density at radius 1 is 1.27 bits per heavy atom. The fraction of sp³-hybridized carbons (Fsp3) is 0.474. The van der Waals surface area contributed by atoms with Gasteiger partial charge in [0.2, 0.25) is 6.79 Å². The van der Waals surface area contributed by atoms with E-state index in [1.165, 1.54) is 0 Å². The van der Waals surface area contributed by atoms with Crippen molar-refractivity contribution < 1.29 is 19.0 Å². The van der Waals surface area contributed by atoms with Crippen LogP contribution in [0.1, 0.15) is 29.8 Å². The minimum atomic E-state index is -0.349. The molecule has 0 spiro atoms. The molecule has 138 valence electrons. The number of rotatable bonds is 5. The molecule has 1 aromatic heterocycles. The molecular weight excluding hydrogens is 334 g/mol. The van der Waals surface area contributed by atoms with E-state index in [1.807, 2.05) is 47.8 Å². The third kappa shape index (κ3) is 3.39. The maximum atomic E-state index is 13.0. The van der Waals surface area contributed by atoms with Gasteiger partial charge >= 0.3 is 0 Å². The Kier molecular flexibility index (Phi) is 4.55. The van der Waals surface area contributed by atoms with Crippen LogP contribution in [-0.4, -0.2) is 40.1 Å². The highest BCUT2D eigenvalue weighted by molar-refractivity contribution is 5.81. The Balaban J connectivity index is 1.57. The Bertz CT molecular complexity index is 811. The number of nitrogens with zero attached hydrogens (tertiary/aromatic N) is 3. The summed E-state index contributed by atoms with van der Waals surface area (Å²) in [6.07, 6.45) is 1.36. The summed E-state index contributed by atoms with van der Waals surface area (Å²) in [5, 5.41) is 4.39. The largest absolute Gasteiger partial charge is 0.454 e. The Morgan fingerprint density at radius 3 is 2.85 bits per heavy atom. The molecular formula is C19H23N3O4. The predicted octanol–water partition coefficient (Wildman–Crippen LogP) is 2.17. The monoisotopic (exact) mass is 357 g/mol. The lowest BCUT2D eigenvalue weighted by Crippen LogP contribution is -2.38. The molecule has 2 aliphatic heterocycles. The Labute approximate surface area is 152 Å². The highest BCUT2D eigenvalue weighted by Gasteiger charge is 2.29. The van der Waals surface area contributed by atoms with Crippen molar-refractivity contribution in [3.8, 4) is 11.5 Å². The second kappa shape index (κ2) is 6.99. The van der Waals surface area contributed by atoms with Crippen molar-refractivity contribution in [2.75, 3.05) is 13.4 Å². The van der Waals surface area contributed by atoms with Gasteiger partial charge in [0.05, 0.1) is 17.9 Å². The molecule has 1 saturated heterocycles. The number of benzene rings is 1. The second-order valence-electron chi connectivity index (χ2n) is 6.78. The van der Waals surface area contributed by atoms with Crippen LogP contribution in [0.2, 0.25) is 0 Å². The summed E-state index contributed by atoms with van der Waals surface area (Å²) < 4.78 is 18.3. The lowest BCUT2D eigenvalue weighted by atomic mass is 10.1. The molecule has 7 heteroatoms. The van der Waals surface area contributed by atoms with E-state index in [1.54, 1.807) is 0 Å². The molecule has 1 atom stereocenters. The van der Waals surface area contributed by atoms with Crippen molar-refractivity contribution in [3.63, 3.8) is 0 Å². The molecule has 0 radical (unpaired) electrons. The minimum Gasteiger partial charge on any atom is -0.454 e. The molecule has 0 saturated carbocycles. The molecule has 2 aliphatic rings. The molecule has 3 heterocycles. The third-order valence-corrected chi connectivity index (χ3v) is 4.78. The average molecular weight is 357 g/mol. The fourth-order valence-electron chi connectivity index (χ4n) is 3.46. The minimum absolute atomic E-state index is 0.0269. The van der Waals surface area contributed by atoms with Crippen LogP contribution in [0.15, 0.2) is 24.3 Å². The molecule has 1 fully saturated rings. The highest BCUT2D eigenvalue weighted by Crippen LogP contribution is 2.33. The standard InChI is InChI=1S/C19H23N3O4/c1-13-8-15(21(2)20-13)11-22(19(23)17-4-3-7-24-17)10-14-5-6-16-18(9-14)26-12-25-16/h5-6,8-9,17H,3-4,7,10-12H2,1-2H3. The third-order valence-electron chi connectivity index (χ3n) is 4.78. The zero-order chi connectivity index (χ0) is 18.1. The van der Waals surface area contributed by atoms with Crippen LogP contribution >= 0.6 is 0 Å². The van der Waals surface area contributed by atoms with Gasteiger partial charge in [-0.25, -0.2) is 0 Å². The number of hydrogen-bond acceptors (Lipinski definition) is 5. The summed E-state index contributed by atoms with van der Waals surface area (Å²) in [5.74, 6) is 1.50. The van der Waals surface area contributed by atoms with Crippen LogP contribution in [0.5, 0.6) is 11.5 Å². The predicted molar refractivity (Wildman–Crippen MR) is 93.7 cm³/mol. The van der Waals surface area contributed by atoms with E-state index in [-0.39, 0.29) is 18.8 Å². The topological polar surface area (TPSA) is 65.8 Å². The lowest BCUT2D eigenvalue weighted by Gasteiger charge is -2.25. The van der Waals surface area contributed by atoms with Gasteiger partial charge < -0.3 is 19.1 Å². The highest BCUT2D eigenvalue weighted by atomic mass is 16.7. The number of carbonyl (C=O) groups excluding carboxylic acids is 1. The summed E-state index contributed by atoms with van der Waals surface area (Å²) in [4.78, 5) is 14.9. The smallest absolute Gasteiger partial charge is 0.252 e. The number of carbonyl (C=O) groups is 1. The van der Waals surface area contributed by atoms with Gasteiger partial charge in [0.25, 0.3) is 5.91 Å². The van der Waals surface area contributed by atoms with Crippen LogP contribution in [0.3, 0.4) is 0 Å². The van der Waals surface area contributed by atoms with E-state index in [4.69, 9.17) is 14.2 Å². The van der Waals surface area contributed by atoms with E-state index >= 15 is 0 Å². The average Bonchev–Trinajstić information content (AvgIpc) is 3.35. The van der Waals surface area contributed by atoms with Crippen LogP contribution in [0.4, 0.5) is 0 Å². The van der Waals surface area contributed by atoms with Crippen LogP contribution in [0.25, 0.3) is 0 Å². The number of aryl methyl sites for hydroxylation is 2. The Hall–Kier alpha value is -2.54. The molecule has 7 nitrogen and oxygen atoms in total. The van der Waals surface area contributed by atoms with Crippen molar-refractivity contribution >= 4 is 5.91 Å². The SMILES string of the molecule is Cc1cc(CN(Cc2ccc3c(c2)OCO3)C(=O)C2CCCO2)n(C)n1. The normalized spacial score (nSPS) is 18.3. The molecule has 2 aromatic rings. The van der Waals surface area contributed by atoms with E-state index in [9.17, 15) is 4.79 Å². The van der Waals surface area contributed by atoms with E-state index in [0.29, 0.717) is 19.7 Å². The quantitative estimate of drug-likeness (QED) is 0.820. The number of hydrogen-bond donors (Lipinski definition) is 0. The number of aromatic nitrogens is 2. The second-order valence-corrected chi connectivity index (χ2v) is 6.78. The van der Waals surface area contributed by atoms with Gasteiger partial charge in [-0.3, -0.25) is 9.48 Å². The molecule has 0 bridgehead atoms. The first-order chi connectivity index (χ1) is 12.6. The van der Waals surface area contributed by atoms with Crippen molar-refractivity contribution in [1.29, 1.82) is 0 Å². The van der Waals surface area contributed by atoms with Gasteiger partial charge in [-0.15, -0.1) is 0 Å². The fourth-order valence-corrected chi connectivity index (χ4v) is 3.46. The van der Waals surface area contributed by atoms with Crippen LogP contribution in [0, 0.1) is 6.92 Å². The zero-order valence-electron chi connectivity index (χ0n) is 15.1. The first-order valence-corrected chi connectivity index (χ1v) is 8.88. The van der Waals surface area contributed by atoms with Crippen molar-refractivity contribution in [3.05, 3.63) is 41.2 Å². The van der Waals surface area contributed by atoms with Gasteiger partial charge in [-0.1, -0.05) is 6.07 Å². The molecule has 1 aromatic carbocycles.